The monoisotopic (exact) mass is 370 g/mol. The molecule has 0 aliphatic rings. The van der Waals surface area contributed by atoms with Gasteiger partial charge in [-0.05, 0) is 37.3 Å². The molecule has 0 aliphatic carbocycles. The van der Waals surface area contributed by atoms with Crippen LogP contribution in [0.15, 0.2) is 78.9 Å². The summed E-state index contributed by atoms with van der Waals surface area (Å²) in [6.45, 7) is 2.13. The van der Waals surface area contributed by atoms with Gasteiger partial charge in [0.05, 0.1) is 12.2 Å². The van der Waals surface area contributed by atoms with Gasteiger partial charge < -0.3 is 9.47 Å². The van der Waals surface area contributed by atoms with Crippen molar-refractivity contribution in [3.8, 4) is 22.9 Å². The van der Waals surface area contributed by atoms with Crippen LogP contribution in [-0.2, 0) is 4.74 Å². The summed E-state index contributed by atoms with van der Waals surface area (Å²) in [5, 5.41) is 10.5. The van der Waals surface area contributed by atoms with E-state index in [0.717, 1.165) is 22.0 Å². The molecule has 3 aromatic carbocycles. The zero-order chi connectivity index (χ0) is 19.3. The van der Waals surface area contributed by atoms with Gasteiger partial charge in [0.15, 0.2) is 0 Å². The molecule has 0 aliphatic heterocycles. The second kappa shape index (κ2) is 7.88. The Balaban J connectivity index is 1.73. The van der Waals surface area contributed by atoms with Crippen LogP contribution in [0.4, 0.5) is 0 Å². The maximum atomic E-state index is 11.9. The highest BCUT2D eigenvalue weighted by molar-refractivity contribution is 5.97. The maximum Gasteiger partial charge on any atom is 0.338 e. The largest absolute Gasteiger partial charge is 0.462 e. The van der Waals surface area contributed by atoms with Crippen LogP contribution in [-0.4, -0.2) is 22.8 Å². The van der Waals surface area contributed by atoms with E-state index in [-0.39, 0.29) is 5.97 Å². The van der Waals surface area contributed by atoms with Crippen molar-refractivity contribution in [1.82, 2.24) is 10.2 Å². The number of hydrogen-bond donors (Lipinski definition) is 0. The van der Waals surface area contributed by atoms with Gasteiger partial charge in [0.1, 0.15) is 11.4 Å². The van der Waals surface area contributed by atoms with Gasteiger partial charge in [0, 0.05) is 16.3 Å². The number of rotatable bonds is 5. The average molecular weight is 370 g/mol. The molecule has 0 saturated carbocycles. The van der Waals surface area contributed by atoms with Crippen molar-refractivity contribution in [2.45, 2.75) is 6.92 Å². The fourth-order valence-corrected chi connectivity index (χ4v) is 2.95. The molecule has 0 unspecified atom stereocenters. The first kappa shape index (κ1) is 17.7. The van der Waals surface area contributed by atoms with E-state index >= 15 is 0 Å². The van der Waals surface area contributed by atoms with E-state index in [1.807, 2.05) is 66.7 Å². The molecule has 0 amide bonds. The summed E-state index contributed by atoms with van der Waals surface area (Å²) in [6.07, 6.45) is 0. The van der Waals surface area contributed by atoms with Crippen molar-refractivity contribution >= 4 is 16.7 Å². The number of carbonyl (C=O) groups is 1. The molecule has 1 heterocycles. The molecule has 4 aromatic rings. The summed E-state index contributed by atoms with van der Waals surface area (Å²) >= 11 is 0. The number of carbonyl (C=O) groups excluding carboxylic acids is 1. The van der Waals surface area contributed by atoms with E-state index in [0.29, 0.717) is 23.8 Å². The van der Waals surface area contributed by atoms with Crippen molar-refractivity contribution in [3.05, 3.63) is 84.4 Å². The van der Waals surface area contributed by atoms with Crippen LogP contribution in [0.3, 0.4) is 0 Å². The lowest BCUT2D eigenvalue weighted by Crippen LogP contribution is -2.04. The van der Waals surface area contributed by atoms with Crippen LogP contribution < -0.4 is 4.74 Å². The predicted octanol–water partition coefficient (Wildman–Crippen LogP) is 5.27. The van der Waals surface area contributed by atoms with Crippen LogP contribution in [0.2, 0.25) is 0 Å². The van der Waals surface area contributed by atoms with Gasteiger partial charge in [-0.25, -0.2) is 4.79 Å². The highest BCUT2D eigenvalue weighted by atomic mass is 16.5. The Labute approximate surface area is 162 Å². The molecule has 5 nitrogen and oxygen atoms in total. The molecule has 4 rings (SSSR count). The molecule has 0 radical (unpaired) electrons. The predicted molar refractivity (Wildman–Crippen MR) is 107 cm³/mol. The summed E-state index contributed by atoms with van der Waals surface area (Å²) < 4.78 is 11.0. The Kier molecular flexibility index (Phi) is 4.97. The van der Waals surface area contributed by atoms with Crippen LogP contribution in [0.5, 0.6) is 11.6 Å². The second-order valence-corrected chi connectivity index (χ2v) is 6.11. The first-order valence-corrected chi connectivity index (χ1v) is 9.02. The van der Waals surface area contributed by atoms with Crippen molar-refractivity contribution in [3.63, 3.8) is 0 Å². The standard InChI is InChI=1S/C23H18N2O3/c1-2-27-23(26)17-14-12-16(13-15-17)21-19-10-6-7-11-20(19)22(25-24-21)28-18-8-4-3-5-9-18/h3-15H,2H2,1H3. The van der Waals surface area contributed by atoms with Crippen LogP contribution >= 0.6 is 0 Å². The minimum absolute atomic E-state index is 0.336. The van der Waals surface area contributed by atoms with E-state index in [1.165, 1.54) is 0 Å². The van der Waals surface area contributed by atoms with Gasteiger partial charge in [0.25, 0.3) is 0 Å². The fraction of sp³-hybridized carbons (Fsp3) is 0.0870. The summed E-state index contributed by atoms with van der Waals surface area (Å²) in [6, 6.07) is 24.5. The Morgan fingerprint density at radius 2 is 1.50 bits per heavy atom. The molecule has 0 atom stereocenters. The van der Waals surface area contributed by atoms with Crippen LogP contribution in [0, 0.1) is 0 Å². The zero-order valence-electron chi connectivity index (χ0n) is 15.3. The first-order valence-electron chi connectivity index (χ1n) is 9.02. The Hall–Kier alpha value is -3.73. The molecule has 0 N–H and O–H groups in total. The summed E-state index contributed by atoms with van der Waals surface area (Å²) in [7, 11) is 0. The van der Waals surface area contributed by atoms with Gasteiger partial charge in [-0.3, -0.25) is 0 Å². The van der Waals surface area contributed by atoms with Crippen molar-refractivity contribution in [2.24, 2.45) is 0 Å². The minimum atomic E-state index is -0.336. The smallest absolute Gasteiger partial charge is 0.338 e. The van der Waals surface area contributed by atoms with E-state index < -0.39 is 0 Å². The number of nitrogens with zero attached hydrogens (tertiary/aromatic N) is 2. The lowest BCUT2D eigenvalue weighted by molar-refractivity contribution is 0.0526. The van der Waals surface area contributed by atoms with Crippen molar-refractivity contribution < 1.29 is 14.3 Å². The van der Waals surface area contributed by atoms with Gasteiger partial charge >= 0.3 is 5.97 Å². The molecule has 1 aromatic heterocycles. The molecule has 5 heteroatoms. The topological polar surface area (TPSA) is 61.3 Å². The molecular weight excluding hydrogens is 352 g/mol. The number of aromatic nitrogens is 2. The zero-order valence-corrected chi connectivity index (χ0v) is 15.3. The third-order valence-electron chi connectivity index (χ3n) is 4.28. The average Bonchev–Trinajstić information content (AvgIpc) is 2.75. The lowest BCUT2D eigenvalue weighted by atomic mass is 10.0. The second-order valence-electron chi connectivity index (χ2n) is 6.11. The van der Waals surface area contributed by atoms with Crippen LogP contribution in [0.1, 0.15) is 17.3 Å². The Bertz CT molecular complexity index is 1110. The first-order chi connectivity index (χ1) is 13.8. The summed E-state index contributed by atoms with van der Waals surface area (Å²) in [5.74, 6) is 0.818. The Morgan fingerprint density at radius 3 is 2.21 bits per heavy atom. The summed E-state index contributed by atoms with van der Waals surface area (Å²) in [4.78, 5) is 11.9. The molecule has 0 fully saturated rings. The molecule has 0 saturated heterocycles. The third-order valence-corrected chi connectivity index (χ3v) is 4.28. The van der Waals surface area contributed by atoms with E-state index in [1.54, 1.807) is 19.1 Å². The number of para-hydroxylation sites is 1. The summed E-state index contributed by atoms with van der Waals surface area (Å²) in [5.41, 5.74) is 2.10. The Morgan fingerprint density at radius 1 is 0.821 bits per heavy atom. The number of benzene rings is 3. The number of hydrogen-bond acceptors (Lipinski definition) is 5. The number of fused-ring (bicyclic) bond motifs is 1. The van der Waals surface area contributed by atoms with Gasteiger partial charge in [-0.15, -0.1) is 10.2 Å². The molecular formula is C23H18N2O3. The number of ether oxygens (including phenoxy) is 2. The quantitative estimate of drug-likeness (QED) is 0.448. The number of esters is 1. The van der Waals surface area contributed by atoms with Gasteiger partial charge in [-0.2, -0.15) is 0 Å². The van der Waals surface area contributed by atoms with Gasteiger partial charge in [-0.1, -0.05) is 48.5 Å². The van der Waals surface area contributed by atoms with Crippen LogP contribution in [0.25, 0.3) is 22.0 Å². The normalized spacial score (nSPS) is 10.6. The van der Waals surface area contributed by atoms with E-state index in [9.17, 15) is 4.79 Å². The van der Waals surface area contributed by atoms with Crippen molar-refractivity contribution in [1.29, 1.82) is 0 Å². The minimum Gasteiger partial charge on any atom is -0.462 e. The highest BCUT2D eigenvalue weighted by Crippen LogP contribution is 2.32. The maximum absolute atomic E-state index is 11.9. The highest BCUT2D eigenvalue weighted by Gasteiger charge is 2.13. The van der Waals surface area contributed by atoms with Crippen molar-refractivity contribution in [2.75, 3.05) is 6.61 Å². The molecule has 28 heavy (non-hydrogen) atoms. The SMILES string of the molecule is CCOC(=O)c1ccc(-c2nnc(Oc3ccccc3)c3ccccc23)cc1. The van der Waals surface area contributed by atoms with E-state index in [2.05, 4.69) is 10.2 Å². The molecule has 0 spiro atoms. The third kappa shape index (κ3) is 3.55. The fourth-order valence-electron chi connectivity index (χ4n) is 2.95. The van der Waals surface area contributed by atoms with Gasteiger partial charge in [0.2, 0.25) is 5.88 Å². The molecule has 138 valence electrons. The molecule has 0 bridgehead atoms. The van der Waals surface area contributed by atoms with E-state index in [4.69, 9.17) is 9.47 Å². The lowest BCUT2D eigenvalue weighted by Gasteiger charge is -2.10.